The Morgan fingerprint density at radius 1 is 0.941 bits per heavy atom. The van der Waals surface area contributed by atoms with Crippen molar-refractivity contribution < 1.29 is 17.6 Å². The lowest BCUT2D eigenvalue weighted by atomic mass is 9.78. The highest BCUT2D eigenvalue weighted by atomic mass is 35.5. The van der Waals surface area contributed by atoms with Crippen LogP contribution in [-0.4, -0.2) is 25.6 Å². The molecule has 1 amide bonds. The number of sulfonamides is 1. The molecule has 1 aromatic heterocycles. The first-order chi connectivity index (χ1) is 15.9. The maximum absolute atomic E-state index is 13.4. The van der Waals surface area contributed by atoms with Crippen LogP contribution in [0, 0.1) is 5.82 Å². The molecule has 0 spiro atoms. The number of hydrogen-bond donors (Lipinski definition) is 3. The quantitative estimate of drug-likeness (QED) is 0.308. The molecule has 3 N–H and O–H groups in total. The van der Waals surface area contributed by atoms with Gasteiger partial charge in [0.25, 0.3) is 5.91 Å². The van der Waals surface area contributed by atoms with Crippen LogP contribution in [0.5, 0.6) is 0 Å². The normalized spacial score (nSPS) is 12.0. The van der Waals surface area contributed by atoms with Gasteiger partial charge in [-0.05, 0) is 59.7 Å². The number of aromatic nitrogens is 1. The molecule has 0 saturated carbocycles. The summed E-state index contributed by atoms with van der Waals surface area (Å²) in [6.07, 6.45) is 1.07. The number of H-pyrrole nitrogens is 1. The van der Waals surface area contributed by atoms with E-state index in [4.69, 9.17) is 11.6 Å². The molecule has 0 bridgehead atoms. The summed E-state index contributed by atoms with van der Waals surface area (Å²) in [5.41, 5.74) is 3.11. The first kappa shape index (κ1) is 23.8. The van der Waals surface area contributed by atoms with Crippen molar-refractivity contribution >= 4 is 49.8 Å². The average Bonchev–Trinajstić information content (AvgIpc) is 3.16. The molecule has 34 heavy (non-hydrogen) atoms. The zero-order chi connectivity index (χ0) is 24.7. The molecule has 0 aliphatic rings. The maximum Gasteiger partial charge on any atom is 0.272 e. The Kier molecular flexibility index (Phi) is 6.14. The van der Waals surface area contributed by atoms with E-state index in [9.17, 15) is 17.6 Å². The van der Waals surface area contributed by atoms with Gasteiger partial charge < -0.3 is 10.3 Å². The Labute approximate surface area is 202 Å². The van der Waals surface area contributed by atoms with Crippen molar-refractivity contribution in [2.75, 3.05) is 16.3 Å². The molecule has 1 heterocycles. The SMILES string of the molecule is CC(C)(c1ccc(F)cc1)c1cc(Cl)cc(NC(=O)c2cc3ccc(NS(C)(=O)=O)cc3[nH]2)c1. The molecule has 6 nitrogen and oxygen atoms in total. The first-order valence-corrected chi connectivity index (χ1v) is 12.7. The van der Waals surface area contributed by atoms with Gasteiger partial charge in [0.05, 0.1) is 11.9 Å². The molecule has 0 saturated heterocycles. The third kappa shape index (κ3) is 5.24. The average molecular weight is 500 g/mol. The molecule has 4 rings (SSSR count). The molecular weight excluding hydrogens is 477 g/mol. The summed E-state index contributed by atoms with van der Waals surface area (Å²) in [7, 11) is -3.41. The Bertz CT molecular complexity index is 1500. The second kappa shape index (κ2) is 8.77. The molecule has 0 radical (unpaired) electrons. The predicted octanol–water partition coefficient (Wildman–Crippen LogP) is 5.91. The van der Waals surface area contributed by atoms with Crippen LogP contribution >= 0.6 is 11.6 Å². The lowest BCUT2D eigenvalue weighted by Gasteiger charge is -2.27. The summed E-state index contributed by atoms with van der Waals surface area (Å²) in [6.45, 7) is 3.99. The van der Waals surface area contributed by atoms with E-state index in [2.05, 4.69) is 15.0 Å². The standard InChI is InChI=1S/C25H23ClFN3O3S/c1-25(2,16-5-7-19(27)8-6-16)17-11-18(26)13-21(12-17)28-24(31)23-10-15-4-9-20(14-22(15)29-23)30-34(3,32)33/h4-14,29-30H,1-3H3,(H,28,31). The smallest absolute Gasteiger partial charge is 0.272 e. The second-order valence-corrected chi connectivity index (χ2v) is 10.9. The third-order valence-electron chi connectivity index (χ3n) is 5.61. The van der Waals surface area contributed by atoms with Gasteiger partial charge in [0.15, 0.2) is 0 Å². The van der Waals surface area contributed by atoms with Gasteiger partial charge in [0, 0.05) is 27.0 Å². The van der Waals surface area contributed by atoms with Crippen LogP contribution in [0.25, 0.3) is 10.9 Å². The Morgan fingerprint density at radius 2 is 1.65 bits per heavy atom. The van der Waals surface area contributed by atoms with E-state index >= 15 is 0 Å². The molecule has 0 atom stereocenters. The monoisotopic (exact) mass is 499 g/mol. The molecule has 4 aromatic rings. The maximum atomic E-state index is 13.4. The fourth-order valence-electron chi connectivity index (χ4n) is 3.78. The number of aromatic amines is 1. The zero-order valence-corrected chi connectivity index (χ0v) is 20.3. The summed E-state index contributed by atoms with van der Waals surface area (Å²) < 4.78 is 38.7. The van der Waals surface area contributed by atoms with E-state index in [1.54, 1.807) is 42.5 Å². The number of anilines is 2. The minimum Gasteiger partial charge on any atom is -0.350 e. The Balaban J connectivity index is 1.60. The summed E-state index contributed by atoms with van der Waals surface area (Å²) in [6, 6.07) is 18.2. The van der Waals surface area contributed by atoms with Crippen LogP contribution in [-0.2, 0) is 15.4 Å². The van der Waals surface area contributed by atoms with E-state index in [0.29, 0.717) is 27.6 Å². The van der Waals surface area contributed by atoms with Crippen LogP contribution in [0.3, 0.4) is 0 Å². The minimum absolute atomic E-state index is 0.309. The molecule has 3 aromatic carbocycles. The van der Waals surface area contributed by atoms with Crippen LogP contribution < -0.4 is 10.0 Å². The van der Waals surface area contributed by atoms with Crippen LogP contribution in [0.2, 0.25) is 5.02 Å². The van der Waals surface area contributed by atoms with Crippen LogP contribution in [0.15, 0.2) is 66.7 Å². The molecule has 9 heteroatoms. The van der Waals surface area contributed by atoms with Gasteiger partial charge in [-0.1, -0.05) is 43.6 Å². The zero-order valence-electron chi connectivity index (χ0n) is 18.7. The van der Waals surface area contributed by atoms with Gasteiger partial charge in [-0.25, -0.2) is 12.8 Å². The van der Waals surface area contributed by atoms with Gasteiger partial charge in [0.1, 0.15) is 11.5 Å². The van der Waals surface area contributed by atoms with Crippen molar-refractivity contribution in [3.8, 4) is 0 Å². The molecule has 0 fully saturated rings. The summed E-state index contributed by atoms with van der Waals surface area (Å²) in [5.74, 6) is -0.683. The Hall–Kier alpha value is -3.36. The number of amides is 1. The van der Waals surface area contributed by atoms with E-state index < -0.39 is 15.4 Å². The van der Waals surface area contributed by atoms with Gasteiger partial charge >= 0.3 is 0 Å². The highest BCUT2D eigenvalue weighted by Crippen LogP contribution is 2.35. The number of carbonyl (C=O) groups is 1. The number of rotatable bonds is 6. The molecular formula is C25H23ClFN3O3S. The van der Waals surface area contributed by atoms with Gasteiger partial charge in [-0.3, -0.25) is 9.52 Å². The third-order valence-corrected chi connectivity index (χ3v) is 6.44. The summed E-state index contributed by atoms with van der Waals surface area (Å²) >= 11 is 6.36. The highest BCUT2D eigenvalue weighted by molar-refractivity contribution is 7.92. The molecule has 176 valence electrons. The van der Waals surface area contributed by atoms with Gasteiger partial charge in [0.2, 0.25) is 10.0 Å². The number of nitrogens with one attached hydrogen (secondary N) is 3. The van der Waals surface area contributed by atoms with Crippen molar-refractivity contribution in [2.45, 2.75) is 19.3 Å². The predicted molar refractivity (Wildman–Crippen MR) is 135 cm³/mol. The number of benzene rings is 3. The topological polar surface area (TPSA) is 91.1 Å². The van der Waals surface area contributed by atoms with E-state index in [-0.39, 0.29) is 11.7 Å². The van der Waals surface area contributed by atoms with Crippen molar-refractivity contribution in [1.29, 1.82) is 0 Å². The van der Waals surface area contributed by atoms with Crippen LogP contribution in [0.4, 0.5) is 15.8 Å². The van der Waals surface area contributed by atoms with Crippen molar-refractivity contribution in [2.24, 2.45) is 0 Å². The van der Waals surface area contributed by atoms with Crippen molar-refractivity contribution in [1.82, 2.24) is 4.98 Å². The minimum atomic E-state index is -3.41. The fourth-order valence-corrected chi connectivity index (χ4v) is 4.57. The number of carbonyl (C=O) groups excluding carboxylic acids is 1. The summed E-state index contributed by atoms with van der Waals surface area (Å²) in [4.78, 5) is 16.0. The Morgan fingerprint density at radius 3 is 2.32 bits per heavy atom. The van der Waals surface area contributed by atoms with E-state index in [0.717, 1.165) is 22.8 Å². The second-order valence-electron chi connectivity index (χ2n) is 8.67. The van der Waals surface area contributed by atoms with Gasteiger partial charge in [-0.2, -0.15) is 0 Å². The van der Waals surface area contributed by atoms with E-state index in [1.807, 2.05) is 26.0 Å². The lowest BCUT2D eigenvalue weighted by molar-refractivity contribution is 0.102. The molecule has 0 aliphatic heterocycles. The lowest BCUT2D eigenvalue weighted by Crippen LogP contribution is -2.20. The van der Waals surface area contributed by atoms with Gasteiger partial charge in [-0.15, -0.1) is 0 Å². The highest BCUT2D eigenvalue weighted by Gasteiger charge is 2.24. The fraction of sp³-hybridized carbons (Fsp3) is 0.160. The van der Waals surface area contributed by atoms with Crippen molar-refractivity contribution in [3.05, 3.63) is 94.4 Å². The summed E-state index contributed by atoms with van der Waals surface area (Å²) in [5, 5.41) is 4.07. The molecule has 0 aliphatic carbocycles. The number of halogens is 2. The van der Waals surface area contributed by atoms with E-state index in [1.165, 1.54) is 12.1 Å². The first-order valence-electron chi connectivity index (χ1n) is 10.4. The largest absolute Gasteiger partial charge is 0.350 e. The number of hydrogen-bond acceptors (Lipinski definition) is 3. The number of fused-ring (bicyclic) bond motifs is 1. The van der Waals surface area contributed by atoms with Crippen molar-refractivity contribution in [3.63, 3.8) is 0 Å². The molecule has 0 unspecified atom stereocenters. The van der Waals surface area contributed by atoms with Crippen LogP contribution in [0.1, 0.15) is 35.5 Å².